The van der Waals surface area contributed by atoms with Crippen molar-refractivity contribution >= 4 is 13.8 Å². The molecule has 12 heteroatoms. The van der Waals surface area contributed by atoms with E-state index in [-0.39, 0.29) is 30.2 Å². The van der Waals surface area contributed by atoms with E-state index in [4.69, 9.17) is 15.5 Å². The van der Waals surface area contributed by atoms with Gasteiger partial charge in [0.05, 0.1) is 18.2 Å². The van der Waals surface area contributed by atoms with Crippen LogP contribution in [0.5, 0.6) is 5.75 Å². The highest BCUT2D eigenvalue weighted by Crippen LogP contribution is 2.38. The van der Waals surface area contributed by atoms with Crippen LogP contribution in [0.1, 0.15) is 36.1 Å². The second-order valence-corrected chi connectivity index (χ2v) is 8.19. The van der Waals surface area contributed by atoms with Crippen LogP contribution in [0.25, 0.3) is 0 Å². The van der Waals surface area contributed by atoms with Gasteiger partial charge in [0.15, 0.2) is 0 Å². The van der Waals surface area contributed by atoms with E-state index < -0.39 is 38.6 Å². The summed E-state index contributed by atoms with van der Waals surface area (Å²) in [5.41, 5.74) is 6.54. The van der Waals surface area contributed by atoms with Gasteiger partial charge in [-0.25, -0.2) is 4.57 Å². The predicted molar refractivity (Wildman–Crippen MR) is 96.8 cm³/mol. The van der Waals surface area contributed by atoms with E-state index in [1.165, 1.54) is 6.20 Å². The normalized spacial score (nSPS) is 24.1. The number of aromatic nitrogens is 1. The molecule has 1 aliphatic carbocycles. The minimum atomic E-state index is -4.71. The summed E-state index contributed by atoms with van der Waals surface area (Å²) in [7, 11) is -4.71. The number of nitrogens with two attached hydrogens (primary N) is 1. The number of carboxylic acids is 1. The number of rotatable bonds is 8. The topological polar surface area (TPSA) is 195 Å². The van der Waals surface area contributed by atoms with Crippen molar-refractivity contribution in [2.45, 2.75) is 51.6 Å². The van der Waals surface area contributed by atoms with Gasteiger partial charge in [0.25, 0.3) is 0 Å². The van der Waals surface area contributed by atoms with Crippen LogP contribution < -0.4 is 11.1 Å². The number of carbonyl (C=O) groups is 1. The molecule has 1 fully saturated rings. The zero-order valence-corrected chi connectivity index (χ0v) is 16.2. The number of hydrogen-bond donors (Lipinski definition) is 7. The molecule has 0 spiro atoms. The summed E-state index contributed by atoms with van der Waals surface area (Å²) in [6.07, 6.45) is 1.32. The van der Waals surface area contributed by atoms with Gasteiger partial charge in [-0.3, -0.25) is 14.3 Å². The second-order valence-electron chi connectivity index (χ2n) is 6.95. The van der Waals surface area contributed by atoms with E-state index in [9.17, 15) is 24.7 Å². The highest BCUT2D eigenvalue weighted by atomic mass is 31.2. The number of phosphoric ester groups is 1. The maximum Gasteiger partial charge on any atom is 0.469 e. The molecule has 0 aromatic carbocycles. The summed E-state index contributed by atoms with van der Waals surface area (Å²) in [6.45, 7) is 1.16. The molecule has 8 N–H and O–H groups in total. The second kappa shape index (κ2) is 9.27. The molecule has 1 unspecified atom stereocenters. The maximum atomic E-state index is 11.3. The fourth-order valence-electron chi connectivity index (χ4n) is 3.45. The van der Waals surface area contributed by atoms with Crippen LogP contribution in [0.4, 0.5) is 0 Å². The van der Waals surface area contributed by atoms with Crippen molar-refractivity contribution in [1.82, 2.24) is 10.3 Å². The van der Waals surface area contributed by atoms with Crippen LogP contribution >= 0.6 is 7.82 Å². The van der Waals surface area contributed by atoms with Gasteiger partial charge in [0.2, 0.25) is 0 Å². The molecular formula is C16H26N3O8P. The Balaban J connectivity index is 2.19. The largest absolute Gasteiger partial charge is 0.506 e. The number of aromatic hydroxyl groups is 1. The van der Waals surface area contributed by atoms with Crippen molar-refractivity contribution in [2.75, 3.05) is 0 Å². The first-order chi connectivity index (χ1) is 13.0. The first-order valence-electron chi connectivity index (χ1n) is 8.75. The Morgan fingerprint density at radius 2 is 2.14 bits per heavy atom. The quantitative estimate of drug-likeness (QED) is 0.220. The number of phosphoric acid groups is 1. The molecule has 0 bridgehead atoms. The Morgan fingerprint density at radius 1 is 1.46 bits per heavy atom. The van der Waals surface area contributed by atoms with Gasteiger partial charge in [-0.2, -0.15) is 0 Å². The van der Waals surface area contributed by atoms with E-state index in [1.54, 1.807) is 6.92 Å². The first kappa shape index (κ1) is 22.7. The molecule has 1 aromatic rings. The van der Waals surface area contributed by atoms with E-state index in [2.05, 4.69) is 14.8 Å². The molecule has 0 radical (unpaired) electrons. The molecule has 0 aliphatic heterocycles. The van der Waals surface area contributed by atoms with Gasteiger partial charge < -0.3 is 36.2 Å². The standard InChI is InChI=1S/C16H26N3O8P/c1-8-14(20)12(10(5-18-8)7-27-28(24,25)26)6-19-13-4-9(16(22)23)2-3-11(13)15(17)21/h5,9,11,13,15,19-21H,2-4,6-7,17H2,1H3,(H,22,23)(H2,24,25,26)/t9-,11+,13+,15?/m0/s1. The maximum absolute atomic E-state index is 11.3. The molecule has 158 valence electrons. The molecule has 28 heavy (non-hydrogen) atoms. The van der Waals surface area contributed by atoms with Crippen LogP contribution in [-0.2, 0) is 27.0 Å². The summed E-state index contributed by atoms with van der Waals surface area (Å²) in [6, 6.07) is -0.418. The number of nitrogens with zero attached hydrogens (tertiary/aromatic N) is 1. The smallest absolute Gasteiger partial charge is 0.469 e. The summed E-state index contributed by atoms with van der Waals surface area (Å²) in [5.74, 6) is -2.02. The van der Waals surface area contributed by atoms with Gasteiger partial charge in [0.1, 0.15) is 12.0 Å². The van der Waals surface area contributed by atoms with Gasteiger partial charge in [-0.05, 0) is 26.2 Å². The molecule has 1 saturated carbocycles. The lowest BCUT2D eigenvalue weighted by molar-refractivity contribution is -0.144. The minimum Gasteiger partial charge on any atom is -0.506 e. The fraction of sp³-hybridized carbons (Fsp3) is 0.625. The van der Waals surface area contributed by atoms with E-state index in [0.29, 0.717) is 24.1 Å². The lowest BCUT2D eigenvalue weighted by atomic mass is 9.77. The monoisotopic (exact) mass is 419 g/mol. The van der Waals surface area contributed by atoms with E-state index in [1.807, 2.05) is 0 Å². The highest BCUT2D eigenvalue weighted by Gasteiger charge is 2.36. The van der Waals surface area contributed by atoms with Crippen molar-refractivity contribution in [3.8, 4) is 5.75 Å². The predicted octanol–water partition coefficient (Wildman–Crippen LogP) is -0.0589. The summed E-state index contributed by atoms with van der Waals surface area (Å²) in [5, 5.41) is 32.5. The Hall–Kier alpha value is -1.59. The van der Waals surface area contributed by atoms with Crippen LogP contribution in [0.2, 0.25) is 0 Å². The number of aliphatic carboxylic acids is 1. The van der Waals surface area contributed by atoms with Crippen molar-refractivity contribution in [1.29, 1.82) is 0 Å². The molecule has 0 amide bonds. The molecule has 1 aromatic heterocycles. The fourth-order valence-corrected chi connectivity index (χ4v) is 3.76. The lowest BCUT2D eigenvalue weighted by Crippen LogP contribution is -2.49. The average molecular weight is 419 g/mol. The van der Waals surface area contributed by atoms with Crippen molar-refractivity contribution in [3.05, 3.63) is 23.0 Å². The zero-order chi connectivity index (χ0) is 21.1. The number of aliphatic hydroxyl groups is 1. The average Bonchev–Trinajstić information content (AvgIpc) is 2.60. The molecule has 0 saturated heterocycles. The Bertz CT molecular complexity index is 754. The van der Waals surface area contributed by atoms with Crippen molar-refractivity contribution in [3.63, 3.8) is 0 Å². The van der Waals surface area contributed by atoms with E-state index in [0.717, 1.165) is 0 Å². The Kier molecular flexibility index (Phi) is 7.52. The SMILES string of the molecule is Cc1ncc(COP(=O)(O)O)c(CN[C@@H]2C[C@@H](C(=O)O)CC[C@H]2C(N)O)c1O. The third kappa shape index (κ3) is 5.95. The van der Waals surface area contributed by atoms with E-state index >= 15 is 0 Å². The minimum absolute atomic E-state index is 0.0509. The van der Waals surface area contributed by atoms with Crippen LogP contribution in [-0.4, -0.2) is 48.3 Å². The van der Waals surface area contributed by atoms with Gasteiger partial charge in [0, 0.05) is 35.8 Å². The van der Waals surface area contributed by atoms with Gasteiger partial charge in [-0.15, -0.1) is 0 Å². The molecule has 4 atom stereocenters. The Morgan fingerprint density at radius 3 is 2.71 bits per heavy atom. The number of pyridine rings is 1. The molecule has 1 aliphatic rings. The molecule has 1 heterocycles. The first-order valence-corrected chi connectivity index (χ1v) is 10.3. The van der Waals surface area contributed by atoms with Crippen molar-refractivity contribution in [2.24, 2.45) is 17.6 Å². The third-order valence-electron chi connectivity index (χ3n) is 5.05. The summed E-state index contributed by atoms with van der Waals surface area (Å²) < 4.78 is 15.5. The van der Waals surface area contributed by atoms with Crippen molar-refractivity contribution < 1.29 is 39.0 Å². The lowest BCUT2D eigenvalue weighted by Gasteiger charge is -2.37. The number of nitrogens with one attached hydrogen (secondary N) is 1. The number of carboxylic acid groups (broad SMARTS) is 1. The zero-order valence-electron chi connectivity index (χ0n) is 15.4. The third-order valence-corrected chi connectivity index (χ3v) is 5.52. The highest BCUT2D eigenvalue weighted by molar-refractivity contribution is 7.46. The van der Waals surface area contributed by atoms with Crippen LogP contribution in [0, 0.1) is 18.8 Å². The van der Waals surface area contributed by atoms with Gasteiger partial charge >= 0.3 is 13.8 Å². The molecule has 2 rings (SSSR count). The summed E-state index contributed by atoms with van der Waals surface area (Å²) >= 11 is 0. The number of aliphatic hydroxyl groups excluding tert-OH is 1. The summed E-state index contributed by atoms with van der Waals surface area (Å²) in [4.78, 5) is 33.1. The molecule has 11 nitrogen and oxygen atoms in total. The molecular weight excluding hydrogens is 393 g/mol. The number of aryl methyl sites for hydroxylation is 1. The number of hydrogen-bond acceptors (Lipinski definition) is 8. The Labute approximate surface area is 161 Å². The van der Waals surface area contributed by atoms with Gasteiger partial charge in [-0.1, -0.05) is 0 Å². The van der Waals surface area contributed by atoms with Crippen LogP contribution in [0.15, 0.2) is 6.20 Å². The van der Waals surface area contributed by atoms with Crippen LogP contribution in [0.3, 0.4) is 0 Å².